The minimum Gasteiger partial charge on any atom is -0.467 e. The van der Waals surface area contributed by atoms with Crippen molar-refractivity contribution in [2.75, 3.05) is 32.8 Å². The minimum atomic E-state index is -1.19. The van der Waals surface area contributed by atoms with E-state index in [0.717, 1.165) is 11.3 Å². The highest BCUT2D eigenvalue weighted by molar-refractivity contribution is 6.17. The van der Waals surface area contributed by atoms with E-state index in [1.807, 2.05) is 29.2 Å². The Morgan fingerprint density at radius 3 is 2.33 bits per heavy atom. The van der Waals surface area contributed by atoms with Crippen molar-refractivity contribution >= 4 is 35.5 Å². The topological polar surface area (TPSA) is 127 Å². The molecule has 206 valence electrons. The number of ether oxygens (including phenoxy) is 3. The molecule has 1 saturated heterocycles. The molecular formula is C28H32N4O7. The van der Waals surface area contributed by atoms with Crippen molar-refractivity contribution in [1.29, 1.82) is 0 Å². The highest BCUT2D eigenvalue weighted by Gasteiger charge is 2.68. The van der Waals surface area contributed by atoms with Gasteiger partial charge in [0.05, 0.1) is 44.9 Å². The van der Waals surface area contributed by atoms with Crippen LogP contribution in [0.1, 0.15) is 39.7 Å². The molecule has 0 aliphatic carbocycles. The number of rotatable bonds is 4. The van der Waals surface area contributed by atoms with Gasteiger partial charge in [-0.3, -0.25) is 4.90 Å². The Kier molecular flexibility index (Phi) is 7.17. The maximum Gasteiger partial charge on any atom is 0.357 e. The molecule has 3 aliphatic heterocycles. The summed E-state index contributed by atoms with van der Waals surface area (Å²) >= 11 is 0. The first-order valence-electron chi connectivity index (χ1n) is 12.4. The van der Waals surface area contributed by atoms with Crippen LogP contribution in [0.15, 0.2) is 40.5 Å². The number of esters is 3. The van der Waals surface area contributed by atoms with Gasteiger partial charge in [0.2, 0.25) is 0 Å². The van der Waals surface area contributed by atoms with Gasteiger partial charge in [-0.1, -0.05) is 24.1 Å². The van der Waals surface area contributed by atoms with Crippen LogP contribution < -0.4 is 10.2 Å². The van der Waals surface area contributed by atoms with Crippen molar-refractivity contribution in [3.05, 3.63) is 41.1 Å². The Morgan fingerprint density at radius 1 is 1.08 bits per heavy atom. The largest absolute Gasteiger partial charge is 0.467 e. The first kappa shape index (κ1) is 27.7. The van der Waals surface area contributed by atoms with E-state index >= 15 is 0 Å². The van der Waals surface area contributed by atoms with Crippen LogP contribution in [0.4, 0.5) is 10.5 Å². The summed E-state index contributed by atoms with van der Waals surface area (Å²) in [5.41, 5.74) is -0.730. The van der Waals surface area contributed by atoms with Gasteiger partial charge in [-0.2, -0.15) is 0 Å². The fraction of sp³-hybridized carbons (Fsp3) is 0.464. The molecule has 2 amide bonds. The Labute approximate surface area is 227 Å². The van der Waals surface area contributed by atoms with E-state index in [1.165, 1.54) is 26.2 Å². The van der Waals surface area contributed by atoms with Gasteiger partial charge in [-0.15, -0.1) is 5.92 Å². The Bertz CT molecular complexity index is 1360. The monoisotopic (exact) mass is 536 g/mol. The highest BCUT2D eigenvalue weighted by Crippen LogP contribution is 2.57. The SMILES string of the molecule is CC#CCN1c2ccccc2[C@]23CC(C(=O)OC)N(C(=O)NC(C)(C)C)C2=NC(C(=O)OC)=C(C(=O)OC)C13. The second kappa shape index (κ2) is 10.1. The number of benzene rings is 1. The van der Waals surface area contributed by atoms with Gasteiger partial charge in [0.25, 0.3) is 0 Å². The molecule has 3 atom stereocenters. The third kappa shape index (κ3) is 4.30. The lowest BCUT2D eigenvalue weighted by Gasteiger charge is -2.40. The molecule has 3 heterocycles. The maximum atomic E-state index is 13.8. The van der Waals surface area contributed by atoms with Crippen molar-refractivity contribution < 1.29 is 33.4 Å². The molecule has 4 rings (SSSR count). The van der Waals surface area contributed by atoms with E-state index in [2.05, 4.69) is 22.2 Å². The summed E-state index contributed by atoms with van der Waals surface area (Å²) in [5, 5.41) is 2.89. The molecule has 1 spiro atoms. The zero-order chi connectivity index (χ0) is 28.7. The molecule has 3 aliphatic rings. The lowest BCUT2D eigenvalue weighted by molar-refractivity contribution is -0.144. The molecule has 2 unspecified atom stereocenters. The van der Waals surface area contributed by atoms with Crippen LogP contribution in [0.3, 0.4) is 0 Å². The van der Waals surface area contributed by atoms with Crippen LogP contribution in [0, 0.1) is 11.8 Å². The molecule has 0 saturated carbocycles. The number of hydrogen-bond acceptors (Lipinski definition) is 9. The van der Waals surface area contributed by atoms with Crippen LogP contribution >= 0.6 is 0 Å². The van der Waals surface area contributed by atoms with Gasteiger partial charge < -0.3 is 24.4 Å². The summed E-state index contributed by atoms with van der Waals surface area (Å²) in [5.74, 6) is 3.74. The average Bonchev–Trinajstić information content (AvgIpc) is 3.40. The van der Waals surface area contributed by atoms with Crippen LogP contribution in [-0.4, -0.2) is 80.2 Å². The summed E-state index contributed by atoms with van der Waals surface area (Å²) in [4.78, 5) is 61.2. The van der Waals surface area contributed by atoms with Crippen molar-refractivity contribution in [2.24, 2.45) is 4.99 Å². The number of anilines is 1. The average molecular weight is 537 g/mol. The predicted octanol–water partition coefficient (Wildman–Crippen LogP) is 1.90. The van der Waals surface area contributed by atoms with E-state index in [1.54, 1.807) is 27.7 Å². The number of likely N-dealkylation sites (tertiary alicyclic amines) is 1. The van der Waals surface area contributed by atoms with E-state index in [4.69, 9.17) is 14.2 Å². The third-order valence-electron chi connectivity index (χ3n) is 7.06. The summed E-state index contributed by atoms with van der Waals surface area (Å²) in [7, 11) is 3.63. The van der Waals surface area contributed by atoms with Gasteiger partial charge in [0.15, 0.2) is 5.70 Å². The number of nitrogens with zero attached hydrogens (tertiary/aromatic N) is 3. The fourth-order valence-electron chi connectivity index (χ4n) is 5.67. The molecule has 1 aromatic rings. The maximum absolute atomic E-state index is 13.8. The van der Waals surface area contributed by atoms with Crippen molar-refractivity contribution in [3.8, 4) is 11.8 Å². The number of carbonyl (C=O) groups excluding carboxylic acids is 4. The van der Waals surface area contributed by atoms with Crippen LogP contribution in [0.25, 0.3) is 0 Å². The molecule has 1 fully saturated rings. The van der Waals surface area contributed by atoms with E-state index in [-0.39, 0.29) is 30.1 Å². The first-order valence-corrected chi connectivity index (χ1v) is 12.4. The number of aliphatic imine (C=N–C) groups is 1. The van der Waals surface area contributed by atoms with Gasteiger partial charge in [0.1, 0.15) is 11.9 Å². The number of para-hydroxylation sites is 1. The Morgan fingerprint density at radius 2 is 1.74 bits per heavy atom. The lowest BCUT2D eigenvalue weighted by Crippen LogP contribution is -2.58. The second-order valence-electron chi connectivity index (χ2n) is 10.4. The lowest BCUT2D eigenvalue weighted by atomic mass is 9.69. The van der Waals surface area contributed by atoms with Gasteiger partial charge in [-0.25, -0.2) is 24.2 Å². The molecule has 11 heteroatoms. The number of carbonyl (C=O) groups is 4. The number of fused-ring (bicyclic) bond motifs is 1. The summed E-state index contributed by atoms with van der Waals surface area (Å²) in [6, 6.07) is 4.84. The van der Waals surface area contributed by atoms with E-state index < -0.39 is 47.0 Å². The second-order valence-corrected chi connectivity index (χ2v) is 10.4. The molecule has 0 aromatic heterocycles. The van der Waals surface area contributed by atoms with Crippen molar-refractivity contribution in [3.63, 3.8) is 0 Å². The van der Waals surface area contributed by atoms with Crippen LogP contribution in [-0.2, 0) is 34.0 Å². The number of urea groups is 1. The van der Waals surface area contributed by atoms with Crippen molar-refractivity contribution in [1.82, 2.24) is 10.2 Å². The molecule has 0 bridgehead atoms. The number of methoxy groups -OCH3 is 3. The predicted molar refractivity (Wildman–Crippen MR) is 142 cm³/mol. The summed E-state index contributed by atoms with van der Waals surface area (Å²) in [6.07, 6.45) is 0.0444. The van der Waals surface area contributed by atoms with Gasteiger partial charge in [-0.05, 0) is 45.7 Å². The normalized spacial score (nSPS) is 23.0. The minimum absolute atomic E-state index is 0.0381. The molecule has 11 nitrogen and oxygen atoms in total. The Balaban J connectivity index is 2.11. The van der Waals surface area contributed by atoms with E-state index in [0.29, 0.717) is 0 Å². The first-order chi connectivity index (χ1) is 18.5. The molecule has 39 heavy (non-hydrogen) atoms. The van der Waals surface area contributed by atoms with Crippen molar-refractivity contribution in [2.45, 2.75) is 57.2 Å². The zero-order valence-corrected chi connectivity index (χ0v) is 23.1. The van der Waals surface area contributed by atoms with E-state index in [9.17, 15) is 19.2 Å². The third-order valence-corrected chi connectivity index (χ3v) is 7.06. The molecular weight excluding hydrogens is 504 g/mol. The van der Waals surface area contributed by atoms with Gasteiger partial charge in [0, 0.05) is 11.2 Å². The summed E-state index contributed by atoms with van der Waals surface area (Å²) < 4.78 is 15.3. The number of amidine groups is 1. The smallest absolute Gasteiger partial charge is 0.357 e. The standard InChI is InChI=1S/C28H32N4O7/c1-8-9-14-31-17-13-11-10-12-16(17)28-15-18(22(33)37-5)32(26(36)30-27(2,3)4)25(28)29-20(24(35)39-7)19(21(28)31)23(34)38-6/h10-13,18,21H,14-15H2,1-7H3,(H,30,36)/t18?,21?,28-/m0/s1. The number of hydrogen-bond donors (Lipinski definition) is 1. The molecule has 0 radical (unpaired) electrons. The quantitative estimate of drug-likeness (QED) is 0.351. The van der Waals surface area contributed by atoms with Gasteiger partial charge >= 0.3 is 23.9 Å². The Hall–Kier alpha value is -4.33. The number of amides is 2. The highest BCUT2D eigenvalue weighted by atomic mass is 16.5. The fourth-order valence-corrected chi connectivity index (χ4v) is 5.67. The molecule has 1 N–H and O–H groups in total. The van der Waals surface area contributed by atoms with Crippen LogP contribution in [0.2, 0.25) is 0 Å². The zero-order valence-electron chi connectivity index (χ0n) is 23.1. The van der Waals surface area contributed by atoms with Crippen LogP contribution in [0.5, 0.6) is 0 Å². The summed E-state index contributed by atoms with van der Waals surface area (Å²) in [6.45, 7) is 7.31. The molecule has 1 aromatic carbocycles. The number of nitrogens with one attached hydrogen (secondary N) is 1.